The highest BCUT2D eigenvalue weighted by molar-refractivity contribution is 7.14. The number of hydrogen-bond acceptors (Lipinski definition) is 3. The molecule has 0 fully saturated rings. The Morgan fingerprint density at radius 1 is 1.20 bits per heavy atom. The zero-order valence-electron chi connectivity index (χ0n) is 11.3. The van der Waals surface area contributed by atoms with Crippen molar-refractivity contribution in [1.29, 1.82) is 0 Å². The minimum absolute atomic E-state index is 0.0163. The van der Waals surface area contributed by atoms with Crippen molar-refractivity contribution in [2.45, 2.75) is 20.3 Å². The number of carboxylic acid groups (broad SMARTS) is 1. The number of rotatable bonds is 4. The van der Waals surface area contributed by atoms with Crippen molar-refractivity contribution in [2.24, 2.45) is 0 Å². The molecule has 0 radical (unpaired) electrons. The van der Waals surface area contributed by atoms with Crippen molar-refractivity contribution >= 4 is 28.9 Å². The lowest BCUT2D eigenvalue weighted by Gasteiger charge is -2.04. The fourth-order valence-corrected chi connectivity index (χ4v) is 2.69. The van der Waals surface area contributed by atoms with Gasteiger partial charge in [0.25, 0.3) is 5.91 Å². The Kier molecular flexibility index (Phi) is 4.20. The zero-order chi connectivity index (χ0) is 14.7. The van der Waals surface area contributed by atoms with E-state index in [1.54, 1.807) is 24.3 Å². The SMILES string of the molecule is Cc1cc(C(=O)Nc2ccc(CC(=O)O)cc2)sc1C. The molecule has 0 unspecified atom stereocenters. The minimum atomic E-state index is -0.869. The third kappa shape index (κ3) is 3.45. The van der Waals surface area contributed by atoms with Gasteiger partial charge in [-0.2, -0.15) is 0 Å². The van der Waals surface area contributed by atoms with Gasteiger partial charge in [0.15, 0.2) is 0 Å². The molecule has 2 aromatic rings. The molecule has 1 aromatic carbocycles. The molecule has 2 N–H and O–H groups in total. The van der Waals surface area contributed by atoms with Crippen molar-refractivity contribution in [1.82, 2.24) is 0 Å². The molecule has 0 saturated carbocycles. The summed E-state index contributed by atoms with van der Waals surface area (Å²) in [5.41, 5.74) is 2.48. The van der Waals surface area contributed by atoms with Gasteiger partial charge in [0.2, 0.25) is 0 Å². The van der Waals surface area contributed by atoms with Crippen LogP contribution in [0.3, 0.4) is 0 Å². The topological polar surface area (TPSA) is 66.4 Å². The number of carbonyl (C=O) groups excluding carboxylic acids is 1. The van der Waals surface area contributed by atoms with Gasteiger partial charge in [-0.1, -0.05) is 12.1 Å². The summed E-state index contributed by atoms with van der Waals surface area (Å²) in [7, 11) is 0. The Morgan fingerprint density at radius 2 is 1.85 bits per heavy atom. The predicted octanol–water partition coefficient (Wildman–Crippen LogP) is 3.24. The summed E-state index contributed by atoms with van der Waals surface area (Å²) in [6.07, 6.45) is -0.0163. The van der Waals surface area contributed by atoms with E-state index in [1.165, 1.54) is 11.3 Å². The van der Waals surface area contributed by atoms with E-state index in [0.717, 1.165) is 10.4 Å². The van der Waals surface area contributed by atoms with Crippen molar-refractivity contribution in [2.75, 3.05) is 5.32 Å². The van der Waals surface area contributed by atoms with Crippen LogP contribution in [0.2, 0.25) is 0 Å². The Bertz CT molecular complexity index is 624. The van der Waals surface area contributed by atoms with E-state index in [9.17, 15) is 9.59 Å². The first-order chi connectivity index (χ1) is 9.45. The highest BCUT2D eigenvalue weighted by atomic mass is 32.1. The number of carboxylic acids is 1. The molecular weight excluding hydrogens is 274 g/mol. The van der Waals surface area contributed by atoms with Crippen molar-refractivity contribution in [3.63, 3.8) is 0 Å². The van der Waals surface area contributed by atoms with E-state index in [2.05, 4.69) is 5.32 Å². The second kappa shape index (κ2) is 5.88. The van der Waals surface area contributed by atoms with Crippen LogP contribution in [0.4, 0.5) is 5.69 Å². The van der Waals surface area contributed by atoms with Crippen LogP contribution >= 0.6 is 11.3 Å². The van der Waals surface area contributed by atoms with E-state index < -0.39 is 5.97 Å². The summed E-state index contributed by atoms with van der Waals surface area (Å²) in [5, 5.41) is 11.5. The maximum absolute atomic E-state index is 12.0. The van der Waals surface area contributed by atoms with E-state index in [-0.39, 0.29) is 12.3 Å². The Hall–Kier alpha value is -2.14. The maximum Gasteiger partial charge on any atom is 0.307 e. The van der Waals surface area contributed by atoms with Crippen LogP contribution in [-0.2, 0) is 11.2 Å². The number of aliphatic carboxylic acids is 1. The van der Waals surface area contributed by atoms with Gasteiger partial charge in [-0.15, -0.1) is 11.3 Å². The van der Waals surface area contributed by atoms with Crippen LogP contribution in [0.25, 0.3) is 0 Å². The van der Waals surface area contributed by atoms with Gasteiger partial charge < -0.3 is 10.4 Å². The van der Waals surface area contributed by atoms with Crippen molar-refractivity contribution in [3.8, 4) is 0 Å². The normalized spacial score (nSPS) is 10.3. The largest absolute Gasteiger partial charge is 0.481 e. The van der Waals surface area contributed by atoms with Gasteiger partial charge in [-0.05, 0) is 43.2 Å². The molecule has 0 atom stereocenters. The third-order valence-electron chi connectivity index (χ3n) is 2.96. The Balaban J connectivity index is 2.06. The van der Waals surface area contributed by atoms with Gasteiger partial charge >= 0.3 is 5.97 Å². The standard InChI is InChI=1S/C15H15NO3S/c1-9-7-13(20-10(9)2)15(19)16-12-5-3-11(4-6-12)8-14(17)18/h3-7H,8H2,1-2H3,(H,16,19)(H,17,18). The second-order valence-corrected chi connectivity index (χ2v) is 5.83. The lowest BCUT2D eigenvalue weighted by Crippen LogP contribution is -2.10. The molecule has 0 aliphatic heterocycles. The van der Waals surface area contributed by atoms with Crippen LogP contribution in [-0.4, -0.2) is 17.0 Å². The molecule has 20 heavy (non-hydrogen) atoms. The monoisotopic (exact) mass is 289 g/mol. The van der Waals surface area contributed by atoms with Crippen LogP contribution in [0.15, 0.2) is 30.3 Å². The smallest absolute Gasteiger partial charge is 0.307 e. The van der Waals surface area contributed by atoms with E-state index in [1.807, 2.05) is 19.9 Å². The summed E-state index contributed by atoms with van der Waals surface area (Å²) in [6, 6.07) is 8.70. The highest BCUT2D eigenvalue weighted by Gasteiger charge is 2.10. The number of thiophene rings is 1. The number of amides is 1. The Morgan fingerprint density at radius 3 is 2.35 bits per heavy atom. The molecule has 0 aliphatic rings. The molecule has 0 aliphatic carbocycles. The molecule has 0 spiro atoms. The zero-order valence-corrected chi connectivity index (χ0v) is 12.1. The van der Waals surface area contributed by atoms with Gasteiger partial charge in [-0.25, -0.2) is 0 Å². The summed E-state index contributed by atoms with van der Waals surface area (Å²) in [5.74, 6) is -1.01. The van der Waals surface area contributed by atoms with Gasteiger partial charge in [0.1, 0.15) is 0 Å². The quantitative estimate of drug-likeness (QED) is 0.908. The second-order valence-electron chi connectivity index (χ2n) is 4.57. The van der Waals surface area contributed by atoms with Crippen LogP contribution in [0.1, 0.15) is 25.7 Å². The average molecular weight is 289 g/mol. The average Bonchev–Trinajstić information content (AvgIpc) is 2.71. The fraction of sp³-hybridized carbons (Fsp3) is 0.200. The molecular formula is C15H15NO3S. The van der Waals surface area contributed by atoms with Crippen molar-refractivity contribution < 1.29 is 14.7 Å². The predicted molar refractivity (Wildman–Crippen MR) is 79.5 cm³/mol. The molecule has 2 rings (SSSR count). The van der Waals surface area contributed by atoms with Gasteiger partial charge in [-0.3, -0.25) is 9.59 Å². The number of benzene rings is 1. The lowest BCUT2D eigenvalue weighted by molar-refractivity contribution is -0.136. The first-order valence-corrected chi connectivity index (χ1v) is 6.96. The molecule has 104 valence electrons. The summed E-state index contributed by atoms with van der Waals surface area (Å²) < 4.78 is 0. The summed E-state index contributed by atoms with van der Waals surface area (Å²) >= 11 is 1.46. The molecule has 1 aromatic heterocycles. The minimum Gasteiger partial charge on any atom is -0.481 e. The van der Waals surface area contributed by atoms with Gasteiger partial charge in [0.05, 0.1) is 11.3 Å². The van der Waals surface area contributed by atoms with Crippen LogP contribution < -0.4 is 5.32 Å². The first kappa shape index (κ1) is 14.3. The number of nitrogens with one attached hydrogen (secondary N) is 1. The molecule has 1 amide bonds. The molecule has 1 heterocycles. The molecule has 0 saturated heterocycles. The number of carbonyl (C=O) groups is 2. The molecule has 5 heteroatoms. The number of anilines is 1. The summed E-state index contributed by atoms with van der Waals surface area (Å²) in [6.45, 7) is 3.96. The van der Waals surface area contributed by atoms with E-state index in [0.29, 0.717) is 16.1 Å². The lowest BCUT2D eigenvalue weighted by atomic mass is 10.1. The number of aryl methyl sites for hydroxylation is 2. The van der Waals surface area contributed by atoms with E-state index >= 15 is 0 Å². The van der Waals surface area contributed by atoms with Crippen molar-refractivity contribution in [3.05, 3.63) is 51.2 Å². The first-order valence-electron chi connectivity index (χ1n) is 6.15. The fourth-order valence-electron chi connectivity index (χ4n) is 1.76. The van der Waals surface area contributed by atoms with Crippen LogP contribution in [0.5, 0.6) is 0 Å². The molecule has 4 nitrogen and oxygen atoms in total. The third-order valence-corrected chi connectivity index (χ3v) is 4.11. The van der Waals surface area contributed by atoms with E-state index in [4.69, 9.17) is 5.11 Å². The highest BCUT2D eigenvalue weighted by Crippen LogP contribution is 2.22. The van der Waals surface area contributed by atoms with Crippen LogP contribution in [0, 0.1) is 13.8 Å². The maximum atomic E-state index is 12.0. The summed E-state index contributed by atoms with van der Waals surface area (Å²) in [4.78, 5) is 24.4. The Labute approximate surface area is 121 Å². The number of hydrogen-bond donors (Lipinski definition) is 2. The molecule has 0 bridgehead atoms. The van der Waals surface area contributed by atoms with Gasteiger partial charge in [0, 0.05) is 10.6 Å².